The van der Waals surface area contributed by atoms with Crippen molar-refractivity contribution in [1.29, 1.82) is 0 Å². The molecule has 10 nitrogen and oxygen atoms in total. The number of ether oxygens (including phenoxy) is 2. The lowest BCUT2D eigenvalue weighted by Gasteiger charge is -2.24. The summed E-state index contributed by atoms with van der Waals surface area (Å²) in [7, 11) is 0. The summed E-state index contributed by atoms with van der Waals surface area (Å²) in [6.45, 7) is 5.70. The van der Waals surface area contributed by atoms with Gasteiger partial charge in [-0.1, -0.05) is 12.5 Å². The third-order valence-corrected chi connectivity index (χ3v) is 2.66. The molecule has 0 bridgehead atoms. The van der Waals surface area contributed by atoms with Gasteiger partial charge in [0.1, 0.15) is 5.75 Å². The van der Waals surface area contributed by atoms with Gasteiger partial charge in [0.25, 0.3) is 5.69 Å². The van der Waals surface area contributed by atoms with E-state index in [-0.39, 0.29) is 32.0 Å². The van der Waals surface area contributed by atoms with Crippen LogP contribution in [-0.2, 0) is 4.74 Å². The van der Waals surface area contributed by atoms with Crippen LogP contribution < -0.4 is 10.1 Å². The molecule has 0 aliphatic heterocycles. The van der Waals surface area contributed by atoms with Crippen molar-refractivity contribution in [3.05, 3.63) is 44.8 Å². The highest BCUT2D eigenvalue weighted by atomic mass is 16.6. The number of nitro groups is 1. The highest BCUT2D eigenvalue weighted by Crippen LogP contribution is 2.17. The summed E-state index contributed by atoms with van der Waals surface area (Å²) in [6, 6.07) is 4.51. The fourth-order valence-corrected chi connectivity index (χ4v) is 1.56. The average molecular weight is 353 g/mol. The van der Waals surface area contributed by atoms with Crippen LogP contribution in [0.2, 0.25) is 0 Å². The second kappa shape index (κ2) is 10.1. The number of nitrogens with zero attached hydrogens (tertiary/aromatic N) is 4. The van der Waals surface area contributed by atoms with Gasteiger partial charge in [-0.2, -0.15) is 0 Å². The number of amides is 1. The quantitative estimate of drug-likeness (QED) is 0.261. The van der Waals surface area contributed by atoms with Crippen LogP contribution in [0.3, 0.4) is 0 Å². The lowest BCUT2D eigenvalue weighted by molar-refractivity contribution is -0.384. The van der Waals surface area contributed by atoms with Gasteiger partial charge in [0.05, 0.1) is 23.2 Å². The first-order chi connectivity index (χ1) is 11.2. The Bertz CT molecular complexity index is 620. The third-order valence-electron chi connectivity index (χ3n) is 2.66. The zero-order valence-electron chi connectivity index (χ0n) is 13.6. The van der Waals surface area contributed by atoms with E-state index in [0.717, 1.165) is 0 Å². The van der Waals surface area contributed by atoms with Gasteiger partial charge in [0.2, 0.25) is 0 Å². The topological polar surface area (TPSA) is 139 Å². The van der Waals surface area contributed by atoms with Gasteiger partial charge in [-0.25, -0.2) is 4.79 Å². The monoisotopic (exact) mass is 353 g/mol. The summed E-state index contributed by atoms with van der Waals surface area (Å²) in [5, 5.41) is 16.5. The molecule has 0 heterocycles. The van der Waals surface area contributed by atoms with E-state index >= 15 is 0 Å². The number of nitrogens with one attached hydrogen (secondary N) is 1. The number of nitro benzene ring substituents is 1. The van der Waals surface area contributed by atoms with Crippen molar-refractivity contribution in [1.82, 2.24) is 5.32 Å². The third kappa shape index (κ3) is 9.14. The maximum atomic E-state index is 11.9. The van der Waals surface area contributed by atoms with Gasteiger partial charge in [0, 0.05) is 23.6 Å². The van der Waals surface area contributed by atoms with Crippen LogP contribution in [0.25, 0.3) is 10.4 Å². The lowest BCUT2D eigenvalue weighted by atomic mass is 10.2. The zero-order chi connectivity index (χ0) is 18.2. The fraction of sp³-hybridized carbons (Fsp3) is 0.533. The molecule has 0 aromatic heterocycles. The van der Waals surface area contributed by atoms with Crippen LogP contribution in [0, 0.1) is 10.1 Å². The molecule has 1 atom stereocenters. The molecule has 1 rings (SSSR count). The highest BCUT2D eigenvalue weighted by Gasteiger charge is 2.18. The summed E-state index contributed by atoms with van der Waals surface area (Å²) < 4.78 is 10.6. The highest BCUT2D eigenvalue weighted by molar-refractivity contribution is 5.70. The molecule has 0 spiro atoms. The van der Waals surface area contributed by atoms with Crippen molar-refractivity contribution < 1.29 is 19.2 Å². The number of hydrogen-bond acceptors (Lipinski definition) is 6. The first-order valence-corrected chi connectivity index (χ1v) is 7.09. The molecule has 0 aliphatic rings. The van der Waals surface area contributed by atoms with Crippen LogP contribution in [0.1, 0.15) is 28.2 Å². The number of non-ortho nitro benzene ring substituents is 1. The molecule has 0 fully saturated rings. The Balaban J connectivity index is 0.00000576. The molecule has 25 heavy (non-hydrogen) atoms. The minimum absolute atomic E-state index is 0. The first kappa shape index (κ1) is 22.2. The molecule has 0 aliphatic carbocycles. The normalized spacial score (nSPS) is 11.5. The minimum atomic E-state index is -0.778. The van der Waals surface area contributed by atoms with E-state index in [0.29, 0.717) is 0 Å². The fourth-order valence-electron chi connectivity index (χ4n) is 1.56. The van der Waals surface area contributed by atoms with Crippen LogP contribution in [-0.4, -0.2) is 35.8 Å². The second-order valence-electron chi connectivity index (χ2n) is 5.82. The summed E-state index contributed by atoms with van der Waals surface area (Å²) >= 11 is 0. The van der Waals surface area contributed by atoms with E-state index in [1.54, 1.807) is 0 Å². The van der Waals surface area contributed by atoms with Crippen molar-refractivity contribution in [2.75, 3.05) is 13.2 Å². The van der Waals surface area contributed by atoms with Gasteiger partial charge in [-0.3, -0.25) is 10.1 Å². The van der Waals surface area contributed by atoms with E-state index in [1.165, 1.54) is 24.3 Å². The molecule has 0 radical (unpaired) electrons. The number of benzene rings is 1. The Morgan fingerprint density at radius 1 is 1.40 bits per heavy atom. The van der Waals surface area contributed by atoms with Crippen LogP contribution in [0.15, 0.2) is 29.4 Å². The lowest BCUT2D eigenvalue weighted by Crippen LogP contribution is -2.43. The molecule has 1 N–H and O–H groups in total. The van der Waals surface area contributed by atoms with Crippen LogP contribution >= 0.6 is 0 Å². The molecular weight excluding hydrogens is 330 g/mol. The summed E-state index contributed by atoms with van der Waals surface area (Å²) in [5.74, 6) is 0.150. The van der Waals surface area contributed by atoms with Crippen molar-refractivity contribution in [2.24, 2.45) is 5.11 Å². The van der Waals surface area contributed by atoms with E-state index in [9.17, 15) is 14.9 Å². The Hall–Kier alpha value is -2.84. The summed E-state index contributed by atoms with van der Waals surface area (Å²) in [6.07, 6.45) is -0.778. The minimum Gasteiger partial charge on any atom is -0.410 e. The summed E-state index contributed by atoms with van der Waals surface area (Å²) in [4.78, 5) is 24.5. The number of hydrogen-bond donors (Lipinski definition) is 1. The smallest absolute Gasteiger partial charge is 0.410 e. The average Bonchev–Trinajstić information content (AvgIpc) is 2.49. The Morgan fingerprint density at radius 2 is 2.00 bits per heavy atom. The van der Waals surface area contributed by atoms with E-state index in [4.69, 9.17) is 15.0 Å². The van der Waals surface area contributed by atoms with Crippen molar-refractivity contribution in [3.8, 4) is 5.75 Å². The number of azide groups is 1. The molecule has 0 saturated heterocycles. The number of carbonyl (C=O) groups excluding carboxylic acids is 1. The van der Waals surface area contributed by atoms with Crippen LogP contribution in [0.5, 0.6) is 5.75 Å². The molecule has 1 aromatic rings. The molecular formula is C15H23N5O5. The molecule has 0 unspecified atom stereocenters. The maximum absolute atomic E-state index is 11.9. The standard InChI is InChI=1S/C14H19N5O5.CH4/c1-14(2,3)23-9-10(8-16-18-15)17-13(20)24-12-6-4-11(5-7-12)19(21)22;/h4-7,10H,8-9H2,1-3H3,(H,17,20);1H4/t10-;/m1./s1. The predicted molar refractivity (Wildman–Crippen MR) is 92.5 cm³/mol. The van der Waals surface area contributed by atoms with E-state index < -0.39 is 22.7 Å². The number of rotatable bonds is 7. The molecule has 1 amide bonds. The van der Waals surface area contributed by atoms with Crippen molar-refractivity contribution in [2.45, 2.75) is 39.8 Å². The second-order valence-corrected chi connectivity index (χ2v) is 5.82. The van der Waals surface area contributed by atoms with Crippen molar-refractivity contribution >= 4 is 11.8 Å². The SMILES string of the molecule is C.CC(C)(C)OC[C@@H](CN=[N+]=[N-])NC(=O)Oc1ccc([N+](=O)[O-])cc1. The molecule has 0 saturated carbocycles. The molecule has 138 valence electrons. The molecule has 1 aromatic carbocycles. The Labute approximate surface area is 145 Å². The number of carbonyl (C=O) groups is 1. The molecule has 10 heteroatoms. The zero-order valence-corrected chi connectivity index (χ0v) is 13.6. The maximum Gasteiger partial charge on any atom is 0.412 e. The van der Waals surface area contributed by atoms with Gasteiger partial charge >= 0.3 is 6.09 Å². The van der Waals surface area contributed by atoms with Gasteiger partial charge < -0.3 is 14.8 Å². The summed E-state index contributed by atoms with van der Waals surface area (Å²) in [5.41, 5.74) is 7.88. The van der Waals surface area contributed by atoms with Crippen molar-refractivity contribution in [3.63, 3.8) is 0 Å². The van der Waals surface area contributed by atoms with Crippen LogP contribution in [0.4, 0.5) is 10.5 Å². The first-order valence-electron chi connectivity index (χ1n) is 7.09. The van der Waals surface area contributed by atoms with Gasteiger partial charge in [0.15, 0.2) is 0 Å². The van der Waals surface area contributed by atoms with E-state index in [2.05, 4.69) is 15.3 Å². The Kier molecular flexibility index (Phi) is 8.97. The Morgan fingerprint density at radius 3 is 2.48 bits per heavy atom. The van der Waals surface area contributed by atoms with Gasteiger partial charge in [-0.05, 0) is 38.4 Å². The predicted octanol–water partition coefficient (Wildman–Crippen LogP) is 3.81. The van der Waals surface area contributed by atoms with Gasteiger partial charge in [-0.15, -0.1) is 0 Å². The largest absolute Gasteiger partial charge is 0.412 e. The van der Waals surface area contributed by atoms with E-state index in [1.807, 2.05) is 20.8 Å².